The maximum atomic E-state index is 12.8. The highest BCUT2D eigenvalue weighted by molar-refractivity contribution is 5.90. The van der Waals surface area contributed by atoms with Crippen LogP contribution in [0.3, 0.4) is 0 Å². The van der Waals surface area contributed by atoms with Gasteiger partial charge >= 0.3 is 0 Å². The van der Waals surface area contributed by atoms with Crippen molar-refractivity contribution in [1.29, 1.82) is 0 Å². The lowest BCUT2D eigenvalue weighted by atomic mass is 10.1. The molecule has 1 saturated carbocycles. The smallest absolute Gasteiger partial charge is 0.245 e. The van der Waals surface area contributed by atoms with Gasteiger partial charge in [0.25, 0.3) is 0 Å². The number of ether oxygens (including phenoxy) is 1. The average Bonchev–Trinajstić information content (AvgIpc) is 3.02. The number of carbonyl (C=O) groups is 2. The Morgan fingerprint density at radius 2 is 2.00 bits per heavy atom. The monoisotopic (exact) mass is 294 g/mol. The third-order valence-electron chi connectivity index (χ3n) is 4.89. The van der Waals surface area contributed by atoms with Crippen molar-refractivity contribution in [3.8, 4) is 0 Å². The van der Waals surface area contributed by atoms with E-state index in [0.717, 1.165) is 51.7 Å². The van der Waals surface area contributed by atoms with Gasteiger partial charge in [0, 0.05) is 32.2 Å². The van der Waals surface area contributed by atoms with E-state index in [1.165, 1.54) is 0 Å². The van der Waals surface area contributed by atoms with Crippen molar-refractivity contribution in [2.24, 2.45) is 5.92 Å². The fourth-order valence-corrected chi connectivity index (χ4v) is 3.47. The zero-order valence-electron chi connectivity index (χ0n) is 12.9. The van der Waals surface area contributed by atoms with Crippen LogP contribution in [-0.2, 0) is 14.3 Å². The average molecular weight is 294 g/mol. The van der Waals surface area contributed by atoms with Crippen LogP contribution in [0, 0.1) is 5.92 Å². The summed E-state index contributed by atoms with van der Waals surface area (Å²) in [5, 5.41) is 0. The van der Waals surface area contributed by atoms with E-state index in [0.29, 0.717) is 13.1 Å². The summed E-state index contributed by atoms with van der Waals surface area (Å²) in [4.78, 5) is 28.8. The van der Waals surface area contributed by atoms with Gasteiger partial charge in [-0.05, 0) is 45.4 Å². The highest BCUT2D eigenvalue weighted by Gasteiger charge is 2.42. The number of hydrogen-bond acceptors (Lipinski definition) is 3. The fourth-order valence-electron chi connectivity index (χ4n) is 3.47. The molecule has 3 fully saturated rings. The molecule has 5 nitrogen and oxygen atoms in total. The van der Waals surface area contributed by atoms with Gasteiger partial charge in [-0.2, -0.15) is 0 Å². The summed E-state index contributed by atoms with van der Waals surface area (Å²) in [5.41, 5.74) is 0. The van der Waals surface area contributed by atoms with Gasteiger partial charge in [-0.25, -0.2) is 0 Å². The van der Waals surface area contributed by atoms with Crippen LogP contribution < -0.4 is 0 Å². The molecule has 3 rings (SSSR count). The number of amides is 2. The summed E-state index contributed by atoms with van der Waals surface area (Å²) < 4.78 is 5.65. The zero-order chi connectivity index (χ0) is 14.8. The molecule has 0 unspecified atom stereocenters. The lowest BCUT2D eigenvalue weighted by Crippen LogP contribution is -2.49. The van der Waals surface area contributed by atoms with Crippen LogP contribution in [0.15, 0.2) is 0 Å². The topological polar surface area (TPSA) is 49.9 Å². The molecule has 0 bridgehead atoms. The van der Waals surface area contributed by atoms with Crippen LogP contribution in [0.2, 0.25) is 0 Å². The third kappa shape index (κ3) is 3.23. The van der Waals surface area contributed by atoms with Gasteiger partial charge in [0.15, 0.2) is 0 Å². The molecule has 2 aliphatic heterocycles. The highest BCUT2D eigenvalue weighted by Crippen LogP contribution is 2.34. The van der Waals surface area contributed by atoms with Gasteiger partial charge < -0.3 is 14.5 Å². The minimum Gasteiger partial charge on any atom is -0.376 e. The van der Waals surface area contributed by atoms with E-state index >= 15 is 0 Å². The summed E-state index contributed by atoms with van der Waals surface area (Å²) >= 11 is 0. The molecule has 21 heavy (non-hydrogen) atoms. The number of likely N-dealkylation sites (tertiary alicyclic amines) is 1. The summed E-state index contributed by atoms with van der Waals surface area (Å²) in [5.74, 6) is 0.533. The summed E-state index contributed by atoms with van der Waals surface area (Å²) in [6, 6.07) is -0.223. The molecule has 0 N–H and O–H groups in total. The maximum absolute atomic E-state index is 12.8. The van der Waals surface area contributed by atoms with E-state index in [2.05, 4.69) is 0 Å². The molecule has 3 aliphatic rings. The lowest BCUT2D eigenvalue weighted by Gasteiger charge is -2.31. The predicted octanol–water partition coefficient (Wildman–Crippen LogP) is 1.41. The summed E-state index contributed by atoms with van der Waals surface area (Å²) in [6.07, 6.45) is 6.09. The van der Waals surface area contributed by atoms with Crippen molar-refractivity contribution in [1.82, 2.24) is 9.80 Å². The molecule has 2 heterocycles. The minimum atomic E-state index is -0.223. The van der Waals surface area contributed by atoms with E-state index in [9.17, 15) is 9.59 Å². The standard InChI is InChI=1S/C16H26N2O3/c1-2-17(11-13-5-4-10-21-13)16(20)14-6-3-9-18(14)15(19)12-7-8-12/h12-14H,2-11H2,1H3/t13-,14+/m1/s1. The van der Waals surface area contributed by atoms with Crippen LogP contribution in [0.25, 0.3) is 0 Å². The van der Waals surface area contributed by atoms with Crippen molar-refractivity contribution >= 4 is 11.8 Å². The molecule has 0 aromatic rings. The Labute approximate surface area is 126 Å². The van der Waals surface area contributed by atoms with Crippen molar-refractivity contribution in [2.45, 2.75) is 57.6 Å². The van der Waals surface area contributed by atoms with Gasteiger partial charge in [0.1, 0.15) is 6.04 Å². The van der Waals surface area contributed by atoms with Gasteiger partial charge in [-0.3, -0.25) is 9.59 Å². The van der Waals surface area contributed by atoms with E-state index in [4.69, 9.17) is 4.74 Å². The zero-order valence-corrected chi connectivity index (χ0v) is 12.9. The van der Waals surface area contributed by atoms with Crippen LogP contribution in [0.4, 0.5) is 0 Å². The van der Waals surface area contributed by atoms with Gasteiger partial charge in [0.05, 0.1) is 6.10 Å². The molecular weight excluding hydrogens is 268 g/mol. The van der Waals surface area contributed by atoms with Crippen LogP contribution in [0.1, 0.15) is 45.4 Å². The lowest BCUT2D eigenvalue weighted by molar-refractivity contribution is -0.145. The van der Waals surface area contributed by atoms with E-state index in [-0.39, 0.29) is 29.9 Å². The Morgan fingerprint density at radius 1 is 1.19 bits per heavy atom. The Morgan fingerprint density at radius 3 is 2.62 bits per heavy atom. The molecule has 0 aromatic heterocycles. The molecule has 118 valence electrons. The SMILES string of the molecule is CCN(C[C@H]1CCCO1)C(=O)[C@@H]1CCCN1C(=O)C1CC1. The fraction of sp³-hybridized carbons (Fsp3) is 0.875. The number of rotatable bonds is 5. The van der Waals surface area contributed by atoms with Crippen molar-refractivity contribution in [2.75, 3.05) is 26.2 Å². The Hall–Kier alpha value is -1.10. The van der Waals surface area contributed by atoms with E-state index in [1.807, 2.05) is 16.7 Å². The highest BCUT2D eigenvalue weighted by atomic mass is 16.5. The molecule has 5 heteroatoms. The largest absolute Gasteiger partial charge is 0.376 e. The predicted molar refractivity (Wildman–Crippen MR) is 78.7 cm³/mol. The van der Waals surface area contributed by atoms with Gasteiger partial charge in [-0.1, -0.05) is 0 Å². The first-order chi connectivity index (χ1) is 10.2. The number of nitrogens with zero attached hydrogens (tertiary/aromatic N) is 2. The molecule has 2 amide bonds. The van der Waals surface area contributed by atoms with Gasteiger partial charge in [0.2, 0.25) is 11.8 Å². The molecule has 0 radical (unpaired) electrons. The number of hydrogen-bond donors (Lipinski definition) is 0. The molecule has 1 aliphatic carbocycles. The van der Waals surface area contributed by atoms with Crippen molar-refractivity contribution in [3.63, 3.8) is 0 Å². The van der Waals surface area contributed by atoms with Crippen LogP contribution in [0.5, 0.6) is 0 Å². The molecule has 0 aromatic carbocycles. The first kappa shape index (κ1) is 14.8. The molecule has 2 atom stereocenters. The second-order valence-electron chi connectivity index (χ2n) is 6.48. The minimum absolute atomic E-state index is 0.125. The first-order valence-corrected chi connectivity index (χ1v) is 8.41. The molecular formula is C16H26N2O3. The van der Waals surface area contributed by atoms with Crippen molar-refractivity contribution < 1.29 is 14.3 Å². The van der Waals surface area contributed by atoms with E-state index in [1.54, 1.807) is 0 Å². The Balaban J connectivity index is 1.62. The Bertz CT molecular complexity index is 402. The third-order valence-corrected chi connectivity index (χ3v) is 4.89. The van der Waals surface area contributed by atoms with Crippen LogP contribution in [-0.4, -0.2) is 60.0 Å². The normalized spacial score (nSPS) is 28.9. The molecule has 2 saturated heterocycles. The first-order valence-electron chi connectivity index (χ1n) is 8.41. The second-order valence-corrected chi connectivity index (χ2v) is 6.48. The quantitative estimate of drug-likeness (QED) is 0.770. The van der Waals surface area contributed by atoms with E-state index < -0.39 is 0 Å². The maximum Gasteiger partial charge on any atom is 0.245 e. The number of carbonyl (C=O) groups excluding carboxylic acids is 2. The van der Waals surface area contributed by atoms with Crippen LogP contribution >= 0.6 is 0 Å². The number of likely N-dealkylation sites (N-methyl/N-ethyl adjacent to an activating group) is 1. The Kier molecular flexibility index (Phi) is 4.48. The molecule has 0 spiro atoms. The van der Waals surface area contributed by atoms with Crippen molar-refractivity contribution in [3.05, 3.63) is 0 Å². The summed E-state index contributed by atoms with van der Waals surface area (Å²) in [7, 11) is 0. The van der Waals surface area contributed by atoms with Gasteiger partial charge in [-0.15, -0.1) is 0 Å². The summed E-state index contributed by atoms with van der Waals surface area (Å²) in [6.45, 7) is 4.95. The second kappa shape index (κ2) is 6.34.